The van der Waals surface area contributed by atoms with Crippen LogP contribution in [0.1, 0.15) is 19.4 Å². The number of hydrogen-bond acceptors (Lipinski definition) is 3. The normalized spacial score (nSPS) is 15.9. The fourth-order valence-corrected chi connectivity index (χ4v) is 2.47. The van der Waals surface area contributed by atoms with Gasteiger partial charge in [-0.1, -0.05) is 6.07 Å². The van der Waals surface area contributed by atoms with E-state index in [4.69, 9.17) is 5.73 Å². The fourth-order valence-electron chi connectivity index (χ4n) is 1.54. The zero-order valence-electron chi connectivity index (χ0n) is 8.63. The number of fused-ring (bicyclic) bond motifs is 1. The van der Waals surface area contributed by atoms with Crippen LogP contribution in [0.5, 0.6) is 0 Å². The van der Waals surface area contributed by atoms with Crippen LogP contribution in [-0.4, -0.2) is 12.3 Å². The molecule has 0 fully saturated rings. The zero-order chi connectivity index (χ0) is 10.2. The van der Waals surface area contributed by atoms with Gasteiger partial charge in [0.1, 0.15) is 0 Å². The molecule has 0 saturated heterocycles. The largest absolute Gasteiger partial charge is 0.383 e. The van der Waals surface area contributed by atoms with E-state index in [1.165, 1.54) is 16.1 Å². The molecule has 1 aliphatic heterocycles. The highest BCUT2D eigenvalue weighted by atomic mass is 32.2. The number of thioether (sulfide) groups is 1. The van der Waals surface area contributed by atoms with Crippen LogP contribution in [0.15, 0.2) is 23.1 Å². The summed E-state index contributed by atoms with van der Waals surface area (Å²) in [6.45, 7) is 5.13. The summed E-state index contributed by atoms with van der Waals surface area (Å²) in [5, 5.41) is 3.38. The molecule has 76 valence electrons. The highest BCUT2D eigenvalue weighted by molar-refractivity contribution is 7.99. The lowest BCUT2D eigenvalue weighted by Crippen LogP contribution is -2.28. The summed E-state index contributed by atoms with van der Waals surface area (Å²) in [6.07, 6.45) is 0. The average molecular weight is 208 g/mol. The molecular weight excluding hydrogens is 192 g/mol. The zero-order valence-corrected chi connectivity index (χ0v) is 9.45. The topological polar surface area (TPSA) is 38.0 Å². The van der Waals surface area contributed by atoms with Crippen molar-refractivity contribution in [2.45, 2.75) is 24.3 Å². The first-order valence-electron chi connectivity index (χ1n) is 4.87. The predicted octanol–water partition coefficient (Wildman–Crippen LogP) is 2.40. The number of hydrogen-bond donors (Lipinski definition) is 2. The van der Waals surface area contributed by atoms with Crippen molar-refractivity contribution in [1.82, 2.24) is 0 Å². The molecule has 2 rings (SSSR count). The molecule has 0 saturated carbocycles. The second kappa shape index (κ2) is 3.48. The van der Waals surface area contributed by atoms with Crippen LogP contribution in [-0.2, 0) is 5.54 Å². The molecular formula is C11H16N2S. The minimum absolute atomic E-state index is 0.243. The van der Waals surface area contributed by atoms with Crippen LogP contribution in [0, 0.1) is 0 Å². The Hall–Kier alpha value is -0.670. The van der Waals surface area contributed by atoms with Gasteiger partial charge in [-0.05, 0) is 31.5 Å². The highest BCUT2D eigenvalue weighted by Gasteiger charge is 2.17. The Labute approximate surface area is 89.3 Å². The van der Waals surface area contributed by atoms with Crippen molar-refractivity contribution >= 4 is 17.4 Å². The van der Waals surface area contributed by atoms with Gasteiger partial charge in [0.25, 0.3) is 0 Å². The predicted molar refractivity (Wildman–Crippen MR) is 62.9 cm³/mol. The summed E-state index contributed by atoms with van der Waals surface area (Å²) in [7, 11) is 0. The quantitative estimate of drug-likeness (QED) is 0.744. The molecule has 2 nitrogen and oxygen atoms in total. The Bertz CT molecular complexity index is 342. The molecule has 0 bridgehead atoms. The van der Waals surface area contributed by atoms with Crippen LogP contribution in [0.2, 0.25) is 0 Å². The minimum Gasteiger partial charge on any atom is -0.383 e. The summed E-state index contributed by atoms with van der Waals surface area (Å²) in [6, 6.07) is 6.44. The monoisotopic (exact) mass is 208 g/mol. The van der Waals surface area contributed by atoms with Gasteiger partial charge in [0.15, 0.2) is 0 Å². The molecule has 0 atom stereocenters. The third kappa shape index (κ3) is 1.88. The molecule has 1 aromatic carbocycles. The van der Waals surface area contributed by atoms with Gasteiger partial charge in [-0.2, -0.15) is 0 Å². The molecule has 0 amide bonds. The third-order valence-corrected chi connectivity index (χ3v) is 3.46. The standard InChI is InChI=1S/C11H16N2S/c1-11(2,12)8-3-4-9-10(7-8)14-6-5-13-9/h3-4,7,13H,5-6,12H2,1-2H3. The molecule has 1 heterocycles. The van der Waals surface area contributed by atoms with Gasteiger partial charge in [-0.25, -0.2) is 0 Å². The Balaban J connectivity index is 2.39. The molecule has 3 heteroatoms. The van der Waals surface area contributed by atoms with E-state index in [1.54, 1.807) is 0 Å². The molecule has 3 N–H and O–H groups in total. The Kier molecular flexibility index (Phi) is 2.45. The lowest BCUT2D eigenvalue weighted by molar-refractivity contribution is 0.553. The first kappa shape index (κ1) is 9.87. The van der Waals surface area contributed by atoms with Crippen LogP contribution >= 0.6 is 11.8 Å². The molecule has 0 spiro atoms. The lowest BCUT2D eigenvalue weighted by atomic mass is 9.95. The van der Waals surface area contributed by atoms with E-state index in [-0.39, 0.29) is 5.54 Å². The second-order valence-corrected chi connectivity index (χ2v) is 5.34. The van der Waals surface area contributed by atoms with Gasteiger partial charge in [0, 0.05) is 28.4 Å². The van der Waals surface area contributed by atoms with Crippen molar-refractivity contribution < 1.29 is 0 Å². The molecule has 1 aliphatic rings. The average Bonchev–Trinajstić information content (AvgIpc) is 2.16. The second-order valence-electron chi connectivity index (χ2n) is 4.21. The first-order chi connectivity index (χ1) is 6.57. The van der Waals surface area contributed by atoms with Crippen molar-refractivity contribution in [3.05, 3.63) is 23.8 Å². The molecule has 1 aromatic rings. The number of anilines is 1. The summed E-state index contributed by atoms with van der Waals surface area (Å²) in [4.78, 5) is 1.33. The van der Waals surface area contributed by atoms with Gasteiger partial charge < -0.3 is 11.1 Å². The summed E-state index contributed by atoms with van der Waals surface area (Å²) in [5.41, 5.74) is 8.26. The Morgan fingerprint density at radius 2 is 2.21 bits per heavy atom. The SMILES string of the molecule is CC(C)(N)c1ccc2c(c1)SCCN2. The highest BCUT2D eigenvalue weighted by Crippen LogP contribution is 2.33. The number of nitrogens with one attached hydrogen (secondary N) is 1. The maximum atomic E-state index is 6.06. The van der Waals surface area contributed by atoms with E-state index in [0.717, 1.165) is 12.3 Å². The molecule has 0 aromatic heterocycles. The number of nitrogens with two attached hydrogens (primary N) is 1. The van der Waals surface area contributed by atoms with Gasteiger partial charge in [-0.3, -0.25) is 0 Å². The van der Waals surface area contributed by atoms with Crippen LogP contribution in [0.3, 0.4) is 0 Å². The van der Waals surface area contributed by atoms with Crippen LogP contribution < -0.4 is 11.1 Å². The van der Waals surface area contributed by atoms with E-state index < -0.39 is 0 Å². The third-order valence-electron chi connectivity index (χ3n) is 2.40. The van der Waals surface area contributed by atoms with Gasteiger partial charge in [0.2, 0.25) is 0 Å². The van der Waals surface area contributed by atoms with E-state index in [9.17, 15) is 0 Å². The summed E-state index contributed by atoms with van der Waals surface area (Å²) >= 11 is 1.90. The first-order valence-corrected chi connectivity index (χ1v) is 5.86. The summed E-state index contributed by atoms with van der Waals surface area (Å²) < 4.78 is 0. The Morgan fingerprint density at radius 3 is 2.93 bits per heavy atom. The van der Waals surface area contributed by atoms with Crippen molar-refractivity contribution in [1.29, 1.82) is 0 Å². The van der Waals surface area contributed by atoms with E-state index >= 15 is 0 Å². The van der Waals surface area contributed by atoms with E-state index in [0.29, 0.717) is 0 Å². The Morgan fingerprint density at radius 1 is 1.43 bits per heavy atom. The van der Waals surface area contributed by atoms with Gasteiger partial charge >= 0.3 is 0 Å². The summed E-state index contributed by atoms with van der Waals surface area (Å²) in [5.74, 6) is 1.14. The van der Waals surface area contributed by atoms with Crippen molar-refractivity contribution in [3.8, 4) is 0 Å². The van der Waals surface area contributed by atoms with Gasteiger partial charge in [0.05, 0.1) is 0 Å². The molecule has 0 aliphatic carbocycles. The van der Waals surface area contributed by atoms with Crippen LogP contribution in [0.25, 0.3) is 0 Å². The van der Waals surface area contributed by atoms with Gasteiger partial charge in [-0.15, -0.1) is 11.8 Å². The molecule has 14 heavy (non-hydrogen) atoms. The lowest BCUT2D eigenvalue weighted by Gasteiger charge is -2.23. The fraction of sp³-hybridized carbons (Fsp3) is 0.455. The maximum absolute atomic E-state index is 6.06. The van der Waals surface area contributed by atoms with Crippen molar-refractivity contribution in [2.24, 2.45) is 5.73 Å². The van der Waals surface area contributed by atoms with E-state index in [2.05, 4.69) is 23.5 Å². The molecule has 0 unspecified atom stereocenters. The minimum atomic E-state index is -0.243. The number of rotatable bonds is 1. The van der Waals surface area contributed by atoms with Crippen LogP contribution in [0.4, 0.5) is 5.69 Å². The van der Waals surface area contributed by atoms with Crippen molar-refractivity contribution in [2.75, 3.05) is 17.6 Å². The number of benzene rings is 1. The molecule has 0 radical (unpaired) electrons. The van der Waals surface area contributed by atoms with E-state index in [1.807, 2.05) is 25.6 Å². The smallest absolute Gasteiger partial charge is 0.0478 e. The van der Waals surface area contributed by atoms with Crippen molar-refractivity contribution in [3.63, 3.8) is 0 Å². The maximum Gasteiger partial charge on any atom is 0.0478 e.